The topological polar surface area (TPSA) is 67.8 Å². The summed E-state index contributed by atoms with van der Waals surface area (Å²) in [5.41, 5.74) is 0.163. The number of aromatic hydroxyl groups is 1. The predicted octanol–water partition coefficient (Wildman–Crippen LogP) is 1.72. The maximum Gasteiger partial charge on any atom is 0.184 e. The summed E-state index contributed by atoms with van der Waals surface area (Å²) in [6, 6.07) is 1.62. The Hall–Kier alpha value is -1.27. The SMILES string of the molecule is CNCC(=O)c1c(O)c(Br)cc2c1OCCCO2. The number of phenolic OH excluding ortho intramolecular Hbond substituents is 1. The molecular weight excluding hydrogens is 302 g/mol. The second kappa shape index (κ2) is 5.58. The van der Waals surface area contributed by atoms with Gasteiger partial charge in [-0.1, -0.05) is 0 Å². The van der Waals surface area contributed by atoms with Gasteiger partial charge >= 0.3 is 0 Å². The van der Waals surface area contributed by atoms with Crippen molar-refractivity contribution in [1.82, 2.24) is 5.32 Å². The summed E-state index contributed by atoms with van der Waals surface area (Å²) < 4.78 is 11.5. The van der Waals surface area contributed by atoms with E-state index in [-0.39, 0.29) is 23.6 Å². The van der Waals surface area contributed by atoms with Crippen LogP contribution in [0.15, 0.2) is 10.5 Å². The number of fused-ring (bicyclic) bond motifs is 1. The Morgan fingerprint density at radius 3 is 2.94 bits per heavy atom. The van der Waals surface area contributed by atoms with Crippen LogP contribution in [-0.4, -0.2) is 37.7 Å². The molecule has 98 valence electrons. The highest BCUT2D eigenvalue weighted by molar-refractivity contribution is 9.10. The molecule has 1 aromatic carbocycles. The van der Waals surface area contributed by atoms with Crippen molar-refractivity contribution in [2.24, 2.45) is 0 Å². The molecule has 2 rings (SSSR count). The van der Waals surface area contributed by atoms with Gasteiger partial charge in [0.1, 0.15) is 11.3 Å². The van der Waals surface area contributed by atoms with Crippen LogP contribution in [0.5, 0.6) is 17.2 Å². The van der Waals surface area contributed by atoms with E-state index in [1.54, 1.807) is 13.1 Å². The molecule has 0 amide bonds. The first-order valence-corrected chi connectivity index (χ1v) is 6.43. The van der Waals surface area contributed by atoms with Gasteiger partial charge in [-0.2, -0.15) is 0 Å². The third kappa shape index (κ3) is 2.44. The monoisotopic (exact) mass is 315 g/mol. The van der Waals surface area contributed by atoms with Crippen molar-refractivity contribution >= 4 is 21.7 Å². The summed E-state index contributed by atoms with van der Waals surface area (Å²) >= 11 is 3.21. The molecule has 2 N–H and O–H groups in total. The number of hydrogen-bond donors (Lipinski definition) is 2. The van der Waals surface area contributed by atoms with E-state index in [1.807, 2.05) is 0 Å². The Balaban J connectivity index is 2.54. The number of hydrogen-bond acceptors (Lipinski definition) is 5. The third-order valence-corrected chi connectivity index (χ3v) is 3.18. The molecule has 0 unspecified atom stereocenters. The first-order chi connectivity index (χ1) is 8.65. The van der Waals surface area contributed by atoms with Gasteiger partial charge in [0.15, 0.2) is 17.3 Å². The maximum absolute atomic E-state index is 12.0. The number of likely N-dealkylation sites (N-methyl/N-ethyl adjacent to an activating group) is 1. The van der Waals surface area contributed by atoms with Crippen molar-refractivity contribution in [3.63, 3.8) is 0 Å². The number of carbonyl (C=O) groups is 1. The molecule has 0 bridgehead atoms. The average Bonchev–Trinajstić information content (AvgIpc) is 2.56. The highest BCUT2D eigenvalue weighted by Crippen LogP contribution is 2.43. The fourth-order valence-corrected chi connectivity index (χ4v) is 2.18. The number of phenols is 1. The molecule has 0 fully saturated rings. The zero-order valence-electron chi connectivity index (χ0n) is 9.96. The summed E-state index contributed by atoms with van der Waals surface area (Å²) in [5, 5.41) is 12.8. The second-order valence-corrected chi connectivity index (χ2v) is 4.77. The molecule has 1 aliphatic heterocycles. The molecule has 0 saturated heterocycles. The minimum atomic E-state index is -0.238. The van der Waals surface area contributed by atoms with Gasteiger partial charge in [0, 0.05) is 12.5 Å². The standard InChI is InChI=1S/C12H14BrNO4/c1-14-6-8(15)10-11(16)7(13)5-9-12(10)18-4-2-3-17-9/h5,14,16H,2-4,6H2,1H3. The van der Waals surface area contributed by atoms with Crippen LogP contribution in [0, 0.1) is 0 Å². The van der Waals surface area contributed by atoms with Crippen molar-refractivity contribution in [2.75, 3.05) is 26.8 Å². The average molecular weight is 316 g/mol. The van der Waals surface area contributed by atoms with E-state index in [9.17, 15) is 9.90 Å². The van der Waals surface area contributed by atoms with Gasteiger partial charge in [0.2, 0.25) is 0 Å². The van der Waals surface area contributed by atoms with E-state index in [1.165, 1.54) is 0 Å². The van der Waals surface area contributed by atoms with Crippen LogP contribution in [0.4, 0.5) is 0 Å². The molecule has 6 heteroatoms. The smallest absolute Gasteiger partial charge is 0.184 e. The Bertz CT molecular complexity index is 476. The zero-order valence-corrected chi connectivity index (χ0v) is 11.5. The first-order valence-electron chi connectivity index (χ1n) is 5.64. The highest BCUT2D eigenvalue weighted by atomic mass is 79.9. The Labute approximate surface area is 113 Å². The molecule has 0 saturated carbocycles. The quantitative estimate of drug-likeness (QED) is 0.831. The van der Waals surface area contributed by atoms with Gasteiger partial charge in [-0.25, -0.2) is 0 Å². The van der Waals surface area contributed by atoms with E-state index in [0.717, 1.165) is 6.42 Å². The molecule has 0 atom stereocenters. The van der Waals surface area contributed by atoms with Crippen molar-refractivity contribution < 1.29 is 19.4 Å². The zero-order chi connectivity index (χ0) is 13.1. The Morgan fingerprint density at radius 2 is 2.22 bits per heavy atom. The van der Waals surface area contributed by atoms with Crippen LogP contribution in [0.2, 0.25) is 0 Å². The lowest BCUT2D eigenvalue weighted by atomic mass is 10.1. The van der Waals surface area contributed by atoms with Crippen LogP contribution in [0.1, 0.15) is 16.8 Å². The molecule has 0 aromatic heterocycles. The van der Waals surface area contributed by atoms with Gasteiger partial charge in [-0.15, -0.1) is 0 Å². The molecule has 18 heavy (non-hydrogen) atoms. The van der Waals surface area contributed by atoms with Crippen LogP contribution in [0.25, 0.3) is 0 Å². The normalized spacial score (nSPS) is 14.1. The molecule has 1 aliphatic rings. The van der Waals surface area contributed by atoms with Crippen LogP contribution >= 0.6 is 15.9 Å². The molecular formula is C12H14BrNO4. The summed E-state index contributed by atoms with van der Waals surface area (Å²) in [6.45, 7) is 1.12. The number of halogens is 1. The molecule has 0 spiro atoms. The van der Waals surface area contributed by atoms with E-state index >= 15 is 0 Å². The van der Waals surface area contributed by atoms with E-state index in [4.69, 9.17) is 9.47 Å². The fraction of sp³-hybridized carbons (Fsp3) is 0.417. The summed E-state index contributed by atoms with van der Waals surface area (Å²) in [5.74, 6) is 0.461. The number of carbonyl (C=O) groups excluding carboxylic acids is 1. The van der Waals surface area contributed by atoms with Gasteiger partial charge in [0.25, 0.3) is 0 Å². The number of Topliss-reactive ketones (excluding diaryl/α,β-unsaturated/α-hetero) is 1. The summed E-state index contributed by atoms with van der Waals surface area (Å²) in [7, 11) is 1.67. The lowest BCUT2D eigenvalue weighted by Gasteiger charge is -2.14. The molecule has 1 aromatic rings. The Kier molecular flexibility index (Phi) is 4.08. The number of ether oxygens (including phenoxy) is 2. The first kappa shape index (κ1) is 13.2. The number of benzene rings is 1. The lowest BCUT2D eigenvalue weighted by molar-refractivity contribution is 0.0986. The van der Waals surface area contributed by atoms with Gasteiger partial charge in [0.05, 0.1) is 24.2 Å². The second-order valence-electron chi connectivity index (χ2n) is 3.91. The molecule has 0 aliphatic carbocycles. The van der Waals surface area contributed by atoms with Crippen molar-refractivity contribution in [3.05, 3.63) is 16.1 Å². The van der Waals surface area contributed by atoms with E-state index < -0.39 is 0 Å². The van der Waals surface area contributed by atoms with Crippen LogP contribution in [0.3, 0.4) is 0 Å². The van der Waals surface area contributed by atoms with Gasteiger partial charge in [-0.05, 0) is 23.0 Å². The van der Waals surface area contributed by atoms with Crippen molar-refractivity contribution in [2.45, 2.75) is 6.42 Å². The fourth-order valence-electron chi connectivity index (χ4n) is 1.77. The van der Waals surface area contributed by atoms with E-state index in [0.29, 0.717) is 29.2 Å². The summed E-state index contributed by atoms with van der Waals surface area (Å²) in [6.07, 6.45) is 0.743. The highest BCUT2D eigenvalue weighted by Gasteiger charge is 2.25. The van der Waals surface area contributed by atoms with Crippen molar-refractivity contribution in [3.8, 4) is 17.2 Å². The number of nitrogens with one attached hydrogen (secondary N) is 1. The predicted molar refractivity (Wildman–Crippen MR) is 69.7 cm³/mol. The molecule has 0 radical (unpaired) electrons. The third-order valence-electron chi connectivity index (χ3n) is 2.58. The van der Waals surface area contributed by atoms with Crippen LogP contribution in [-0.2, 0) is 0 Å². The lowest BCUT2D eigenvalue weighted by Crippen LogP contribution is -2.19. The number of rotatable bonds is 3. The largest absolute Gasteiger partial charge is 0.506 e. The van der Waals surface area contributed by atoms with Gasteiger partial charge in [-0.3, -0.25) is 4.79 Å². The minimum Gasteiger partial charge on any atom is -0.506 e. The molecule has 1 heterocycles. The summed E-state index contributed by atoms with van der Waals surface area (Å²) in [4.78, 5) is 12.0. The number of ketones is 1. The van der Waals surface area contributed by atoms with E-state index in [2.05, 4.69) is 21.2 Å². The Morgan fingerprint density at radius 1 is 1.50 bits per heavy atom. The minimum absolute atomic E-state index is 0.112. The van der Waals surface area contributed by atoms with Gasteiger partial charge < -0.3 is 19.9 Å². The van der Waals surface area contributed by atoms with Crippen LogP contribution < -0.4 is 14.8 Å². The molecule has 5 nitrogen and oxygen atoms in total. The maximum atomic E-state index is 12.0. The van der Waals surface area contributed by atoms with Crippen molar-refractivity contribution in [1.29, 1.82) is 0 Å².